The molecule has 0 fully saturated rings. The predicted molar refractivity (Wildman–Crippen MR) is 102 cm³/mol. The fourth-order valence-electron chi connectivity index (χ4n) is 2.30. The molecule has 2 aromatic carbocycles. The highest BCUT2D eigenvalue weighted by atomic mass is 35.5. The van der Waals surface area contributed by atoms with Crippen molar-refractivity contribution in [2.75, 3.05) is 19.4 Å². The molecule has 0 bridgehead atoms. The van der Waals surface area contributed by atoms with Gasteiger partial charge in [-0.2, -0.15) is 0 Å². The summed E-state index contributed by atoms with van der Waals surface area (Å²) in [5, 5.41) is 7.76. The standard InChI is InChI=1S/C18H22ClN3S/c1-13-8-9-16(10-17(13)19)21-18(23)20-11-14-6-4-5-7-15(14)12-22(2)3/h4-10H,11-12H2,1-3H3,(H2,20,21,23)/p+1. The van der Waals surface area contributed by atoms with Crippen LogP contribution in [-0.4, -0.2) is 19.2 Å². The zero-order valence-electron chi connectivity index (χ0n) is 13.7. The molecule has 0 atom stereocenters. The largest absolute Gasteiger partial charge is 0.358 e. The minimum absolute atomic E-state index is 0.594. The van der Waals surface area contributed by atoms with E-state index >= 15 is 0 Å². The Morgan fingerprint density at radius 3 is 2.48 bits per heavy atom. The number of anilines is 1. The van der Waals surface area contributed by atoms with E-state index < -0.39 is 0 Å². The summed E-state index contributed by atoms with van der Waals surface area (Å²) in [6, 6.07) is 14.3. The summed E-state index contributed by atoms with van der Waals surface area (Å²) in [6.07, 6.45) is 0. The second-order valence-electron chi connectivity index (χ2n) is 5.92. The molecule has 0 amide bonds. The summed E-state index contributed by atoms with van der Waals surface area (Å²) >= 11 is 11.5. The maximum atomic E-state index is 6.13. The number of halogens is 1. The molecule has 2 aromatic rings. The second kappa shape index (κ2) is 8.29. The monoisotopic (exact) mass is 348 g/mol. The van der Waals surface area contributed by atoms with Gasteiger partial charge in [0.15, 0.2) is 5.11 Å². The summed E-state index contributed by atoms with van der Waals surface area (Å²) < 4.78 is 0. The molecule has 0 aliphatic rings. The Morgan fingerprint density at radius 2 is 1.83 bits per heavy atom. The number of hydrogen-bond donors (Lipinski definition) is 3. The van der Waals surface area contributed by atoms with Crippen LogP contribution in [0.5, 0.6) is 0 Å². The fraction of sp³-hybridized carbons (Fsp3) is 0.278. The van der Waals surface area contributed by atoms with E-state index in [0.717, 1.165) is 22.8 Å². The fourth-order valence-corrected chi connectivity index (χ4v) is 2.68. The Hall–Kier alpha value is -1.62. The van der Waals surface area contributed by atoms with Crippen molar-refractivity contribution in [1.29, 1.82) is 0 Å². The van der Waals surface area contributed by atoms with Crippen molar-refractivity contribution in [3.8, 4) is 0 Å². The number of benzene rings is 2. The summed E-state index contributed by atoms with van der Waals surface area (Å²) in [5.74, 6) is 0. The topological polar surface area (TPSA) is 28.5 Å². The van der Waals surface area contributed by atoms with Gasteiger partial charge in [0.2, 0.25) is 0 Å². The zero-order valence-corrected chi connectivity index (χ0v) is 15.3. The van der Waals surface area contributed by atoms with E-state index in [2.05, 4.69) is 49.0 Å². The van der Waals surface area contributed by atoms with E-state index in [-0.39, 0.29) is 0 Å². The molecule has 3 nitrogen and oxygen atoms in total. The lowest BCUT2D eigenvalue weighted by Gasteiger charge is -2.15. The second-order valence-corrected chi connectivity index (χ2v) is 6.74. The summed E-state index contributed by atoms with van der Waals surface area (Å²) in [5.41, 5.74) is 4.54. The van der Waals surface area contributed by atoms with Gasteiger partial charge in [0.05, 0.1) is 14.1 Å². The number of thiocarbonyl (C=S) groups is 1. The van der Waals surface area contributed by atoms with Crippen LogP contribution in [0.25, 0.3) is 0 Å². The molecule has 0 saturated carbocycles. The average molecular weight is 349 g/mol. The molecule has 122 valence electrons. The van der Waals surface area contributed by atoms with Gasteiger partial charge < -0.3 is 15.5 Å². The van der Waals surface area contributed by atoms with Gasteiger partial charge in [0.25, 0.3) is 0 Å². The third-order valence-corrected chi connectivity index (χ3v) is 4.19. The summed E-state index contributed by atoms with van der Waals surface area (Å²) in [6.45, 7) is 3.67. The molecule has 0 unspecified atom stereocenters. The van der Waals surface area contributed by atoms with Gasteiger partial charge in [-0.1, -0.05) is 41.9 Å². The van der Waals surface area contributed by atoms with E-state index in [1.54, 1.807) is 0 Å². The zero-order chi connectivity index (χ0) is 16.8. The first-order valence-electron chi connectivity index (χ1n) is 7.62. The minimum Gasteiger partial charge on any atom is -0.358 e. The maximum absolute atomic E-state index is 6.13. The van der Waals surface area contributed by atoms with E-state index in [1.807, 2.05) is 25.1 Å². The number of rotatable bonds is 5. The van der Waals surface area contributed by atoms with Gasteiger partial charge in [0.1, 0.15) is 6.54 Å². The number of hydrogen-bond acceptors (Lipinski definition) is 1. The van der Waals surface area contributed by atoms with Crippen molar-refractivity contribution in [3.63, 3.8) is 0 Å². The molecule has 23 heavy (non-hydrogen) atoms. The first kappa shape index (κ1) is 17.7. The Morgan fingerprint density at radius 1 is 1.13 bits per heavy atom. The molecule has 5 heteroatoms. The smallest absolute Gasteiger partial charge is 0.171 e. The molecule has 0 aromatic heterocycles. The van der Waals surface area contributed by atoms with E-state index in [1.165, 1.54) is 16.0 Å². The van der Waals surface area contributed by atoms with Crippen LogP contribution in [0, 0.1) is 6.92 Å². The molecule has 0 spiro atoms. The average Bonchev–Trinajstić information content (AvgIpc) is 2.49. The van der Waals surface area contributed by atoms with Crippen LogP contribution >= 0.6 is 23.8 Å². The maximum Gasteiger partial charge on any atom is 0.171 e. The molecular weight excluding hydrogens is 326 g/mol. The van der Waals surface area contributed by atoms with Crippen LogP contribution < -0.4 is 15.5 Å². The van der Waals surface area contributed by atoms with Crippen LogP contribution in [0.15, 0.2) is 42.5 Å². The predicted octanol–water partition coefficient (Wildman–Crippen LogP) is 2.78. The van der Waals surface area contributed by atoms with Gasteiger partial charge in [-0.15, -0.1) is 0 Å². The van der Waals surface area contributed by atoms with Crippen molar-refractivity contribution in [2.45, 2.75) is 20.0 Å². The highest BCUT2D eigenvalue weighted by molar-refractivity contribution is 7.80. The van der Waals surface area contributed by atoms with Crippen molar-refractivity contribution in [1.82, 2.24) is 5.32 Å². The van der Waals surface area contributed by atoms with Crippen molar-refractivity contribution in [2.24, 2.45) is 0 Å². The Balaban J connectivity index is 1.95. The Bertz CT molecular complexity index is 686. The lowest BCUT2D eigenvalue weighted by molar-refractivity contribution is -0.872. The molecule has 3 N–H and O–H groups in total. The van der Waals surface area contributed by atoms with Crippen molar-refractivity contribution >= 4 is 34.6 Å². The highest BCUT2D eigenvalue weighted by Crippen LogP contribution is 2.19. The Kier molecular flexibility index (Phi) is 6.39. The third kappa shape index (κ3) is 5.50. The van der Waals surface area contributed by atoms with Gasteiger partial charge in [-0.05, 0) is 42.4 Å². The van der Waals surface area contributed by atoms with Gasteiger partial charge in [-0.25, -0.2) is 0 Å². The highest BCUT2D eigenvalue weighted by Gasteiger charge is 2.06. The van der Waals surface area contributed by atoms with Gasteiger partial charge in [-0.3, -0.25) is 0 Å². The molecule has 0 saturated heterocycles. The number of quaternary nitrogens is 1. The third-order valence-electron chi connectivity index (χ3n) is 3.53. The summed E-state index contributed by atoms with van der Waals surface area (Å²) in [7, 11) is 4.30. The molecular formula is C18H23ClN3S+. The normalized spacial score (nSPS) is 10.7. The van der Waals surface area contributed by atoms with E-state index in [0.29, 0.717) is 11.7 Å². The number of nitrogens with one attached hydrogen (secondary N) is 3. The van der Waals surface area contributed by atoms with Crippen molar-refractivity contribution in [3.05, 3.63) is 64.2 Å². The molecule has 0 aliphatic carbocycles. The molecule has 0 aliphatic heterocycles. The first-order chi connectivity index (χ1) is 11.0. The van der Waals surface area contributed by atoms with Crippen molar-refractivity contribution < 1.29 is 4.90 Å². The quantitative estimate of drug-likeness (QED) is 0.726. The Labute approximate surface area is 148 Å². The van der Waals surface area contributed by atoms with Crippen LogP contribution in [0.2, 0.25) is 5.02 Å². The van der Waals surface area contributed by atoms with Crippen LogP contribution in [0.3, 0.4) is 0 Å². The SMILES string of the molecule is Cc1ccc(NC(=S)NCc2ccccc2C[NH+](C)C)cc1Cl. The van der Waals surface area contributed by atoms with E-state index in [9.17, 15) is 0 Å². The van der Waals surface area contributed by atoms with Gasteiger partial charge in [0, 0.05) is 22.8 Å². The van der Waals surface area contributed by atoms with Crippen LogP contribution in [0.4, 0.5) is 5.69 Å². The molecule has 0 radical (unpaired) electrons. The lowest BCUT2D eigenvalue weighted by atomic mass is 10.1. The van der Waals surface area contributed by atoms with Crippen LogP contribution in [0.1, 0.15) is 16.7 Å². The number of aryl methyl sites for hydroxylation is 1. The lowest BCUT2D eigenvalue weighted by Crippen LogP contribution is -3.04. The van der Waals surface area contributed by atoms with Crippen LogP contribution in [-0.2, 0) is 13.1 Å². The van der Waals surface area contributed by atoms with E-state index in [4.69, 9.17) is 23.8 Å². The van der Waals surface area contributed by atoms with Gasteiger partial charge >= 0.3 is 0 Å². The summed E-state index contributed by atoms with van der Waals surface area (Å²) in [4.78, 5) is 1.40. The first-order valence-corrected chi connectivity index (χ1v) is 8.41. The minimum atomic E-state index is 0.594. The molecule has 2 rings (SSSR count). The molecule has 0 heterocycles.